The quantitative estimate of drug-likeness (QED) is 0.166. The third-order valence-corrected chi connectivity index (χ3v) is 18.0. The largest absolute Gasteiger partial charge is 0.455 e. The maximum Gasteiger partial charge on any atom is 0.160 e. The molecule has 0 bridgehead atoms. The summed E-state index contributed by atoms with van der Waals surface area (Å²) in [5.41, 5.74) is 24.7. The lowest BCUT2D eigenvalue weighted by Gasteiger charge is -2.32. The number of para-hydroxylation sites is 2. The minimum Gasteiger partial charge on any atom is -0.455 e. The van der Waals surface area contributed by atoms with Gasteiger partial charge < -0.3 is 18.6 Å². The molecule has 0 saturated heterocycles. The maximum atomic E-state index is 7.30. The Hall–Kier alpha value is -7.82. The van der Waals surface area contributed by atoms with Gasteiger partial charge in [-0.3, -0.25) is 0 Å². The van der Waals surface area contributed by atoms with E-state index in [1.54, 1.807) is 0 Å². The second kappa shape index (κ2) is 17.3. The smallest absolute Gasteiger partial charge is 0.160 e. The standard InChI is InChI=1S/C76H76N2O2/c1-71(2,3)45-25-33-49(34-26-45)77(50-35-27-46(28-36-50)72(4,5)6)59-43-58-64(70-65(59)53-21-17-19-23-61(53)80-70)56-42-41-55-63-57(75(13,14)67(55)68(56)76(58,15)16)44-60(69-66(63)54-22-18-20-24-62(54)79-69)78(51-37-29-47(30-38-51)73(7,8)9)52-39-31-48(32-40-52)74(10,11)12/h17-44H,1-16H3. The van der Waals surface area contributed by atoms with Gasteiger partial charge >= 0.3 is 0 Å². The molecular weight excluding hydrogens is 973 g/mol. The lowest BCUT2D eigenvalue weighted by molar-refractivity contribution is 0.590. The lowest BCUT2D eigenvalue weighted by Crippen LogP contribution is -2.24. The van der Waals surface area contributed by atoms with Crippen LogP contribution in [0.2, 0.25) is 0 Å². The van der Waals surface area contributed by atoms with Crippen molar-refractivity contribution in [1.29, 1.82) is 0 Å². The number of nitrogens with zero attached hydrogens (tertiary/aromatic N) is 2. The van der Waals surface area contributed by atoms with Crippen LogP contribution < -0.4 is 9.80 Å². The van der Waals surface area contributed by atoms with Crippen molar-refractivity contribution in [2.45, 2.75) is 143 Å². The van der Waals surface area contributed by atoms with Crippen LogP contribution in [0.1, 0.15) is 155 Å². The van der Waals surface area contributed by atoms with Crippen LogP contribution in [-0.2, 0) is 32.5 Å². The summed E-state index contributed by atoms with van der Waals surface area (Å²) in [6.07, 6.45) is 0. The molecule has 0 saturated carbocycles. The van der Waals surface area contributed by atoms with Crippen molar-refractivity contribution in [3.05, 3.63) is 214 Å². The molecule has 2 heterocycles. The van der Waals surface area contributed by atoms with E-state index >= 15 is 0 Å². The van der Waals surface area contributed by atoms with Gasteiger partial charge in [-0.1, -0.05) is 208 Å². The molecule has 4 nitrogen and oxygen atoms in total. The van der Waals surface area contributed by atoms with Crippen LogP contribution in [0.25, 0.3) is 66.1 Å². The van der Waals surface area contributed by atoms with E-state index in [1.807, 2.05) is 0 Å². The van der Waals surface area contributed by atoms with E-state index in [0.717, 1.165) is 78.0 Å². The van der Waals surface area contributed by atoms with Crippen LogP contribution in [-0.4, -0.2) is 0 Å². The first-order valence-electron chi connectivity index (χ1n) is 28.9. The highest BCUT2D eigenvalue weighted by atomic mass is 16.3. The van der Waals surface area contributed by atoms with E-state index < -0.39 is 10.8 Å². The molecule has 0 atom stereocenters. The molecule has 0 aliphatic heterocycles. The molecule has 11 aromatic rings. The summed E-state index contributed by atoms with van der Waals surface area (Å²) in [4.78, 5) is 4.92. The maximum absolute atomic E-state index is 7.30. The van der Waals surface area contributed by atoms with E-state index in [0.29, 0.717) is 0 Å². The molecule has 13 rings (SSSR count). The number of fused-ring (bicyclic) bond motifs is 15. The van der Waals surface area contributed by atoms with Crippen molar-refractivity contribution >= 4 is 78.0 Å². The summed E-state index contributed by atoms with van der Waals surface area (Å²) in [6, 6.07) is 63.9. The fourth-order valence-corrected chi connectivity index (χ4v) is 13.5. The first-order valence-corrected chi connectivity index (χ1v) is 28.9. The van der Waals surface area contributed by atoms with Crippen molar-refractivity contribution in [2.75, 3.05) is 9.80 Å². The van der Waals surface area contributed by atoms with E-state index in [9.17, 15) is 0 Å². The van der Waals surface area contributed by atoms with Crippen LogP contribution in [0.15, 0.2) is 179 Å². The fraction of sp³-hybridized carbons (Fsp3) is 0.289. The van der Waals surface area contributed by atoms with Gasteiger partial charge in [-0.25, -0.2) is 0 Å². The summed E-state index contributed by atoms with van der Waals surface area (Å²) in [6.45, 7) is 37.3. The van der Waals surface area contributed by atoms with Crippen molar-refractivity contribution in [1.82, 2.24) is 0 Å². The first kappa shape index (κ1) is 51.6. The fourth-order valence-electron chi connectivity index (χ4n) is 13.5. The number of benzene rings is 9. The number of hydrogen-bond acceptors (Lipinski definition) is 4. The Morgan fingerprint density at radius 2 is 0.662 bits per heavy atom. The Morgan fingerprint density at radius 3 is 1.06 bits per heavy atom. The van der Waals surface area contributed by atoms with E-state index in [1.165, 1.54) is 66.8 Å². The van der Waals surface area contributed by atoms with Gasteiger partial charge in [0.15, 0.2) is 5.58 Å². The zero-order chi connectivity index (χ0) is 56.4. The molecular formula is C76H76N2O2. The average Bonchev–Trinajstić information content (AvgIpc) is 4.31. The molecule has 80 heavy (non-hydrogen) atoms. The zero-order valence-corrected chi connectivity index (χ0v) is 49.9. The van der Waals surface area contributed by atoms with E-state index in [2.05, 4.69) is 290 Å². The summed E-state index contributed by atoms with van der Waals surface area (Å²) in [5.74, 6) is 0. The van der Waals surface area contributed by atoms with Crippen molar-refractivity contribution < 1.29 is 8.83 Å². The first-order chi connectivity index (χ1) is 37.7. The van der Waals surface area contributed by atoms with Crippen LogP contribution in [0.5, 0.6) is 0 Å². The van der Waals surface area contributed by atoms with Crippen LogP contribution in [0.4, 0.5) is 34.1 Å². The van der Waals surface area contributed by atoms with Gasteiger partial charge in [-0.15, -0.1) is 0 Å². The number of anilines is 6. The summed E-state index contributed by atoms with van der Waals surface area (Å²) < 4.78 is 14.5. The molecule has 4 heteroatoms. The number of hydrogen-bond donors (Lipinski definition) is 0. The van der Waals surface area contributed by atoms with Gasteiger partial charge in [-0.05, 0) is 156 Å². The van der Waals surface area contributed by atoms with Gasteiger partial charge in [0, 0.05) is 55.3 Å². The summed E-state index contributed by atoms with van der Waals surface area (Å²) >= 11 is 0. The molecule has 0 radical (unpaired) electrons. The normalized spacial score (nSPS) is 14.7. The highest BCUT2D eigenvalue weighted by Gasteiger charge is 2.49. The second-order valence-electron chi connectivity index (χ2n) is 28.3. The predicted octanol–water partition coefficient (Wildman–Crippen LogP) is 22.2. The zero-order valence-electron chi connectivity index (χ0n) is 49.9. The van der Waals surface area contributed by atoms with Crippen LogP contribution >= 0.6 is 0 Å². The lowest BCUT2D eigenvalue weighted by atomic mass is 9.72. The molecule has 2 aliphatic carbocycles. The molecule has 2 aliphatic rings. The Labute approximate surface area is 474 Å². The predicted molar refractivity (Wildman–Crippen MR) is 340 cm³/mol. The van der Waals surface area contributed by atoms with Crippen molar-refractivity contribution in [3.8, 4) is 22.3 Å². The third kappa shape index (κ3) is 7.82. The highest BCUT2D eigenvalue weighted by molar-refractivity contribution is 6.21. The van der Waals surface area contributed by atoms with Crippen molar-refractivity contribution in [3.63, 3.8) is 0 Å². The number of rotatable bonds is 6. The minimum absolute atomic E-state index is 0.00859. The van der Waals surface area contributed by atoms with E-state index in [-0.39, 0.29) is 21.7 Å². The Morgan fingerprint density at radius 1 is 0.338 bits per heavy atom. The van der Waals surface area contributed by atoms with Crippen LogP contribution in [0, 0.1) is 0 Å². The van der Waals surface area contributed by atoms with Gasteiger partial charge in [0.25, 0.3) is 0 Å². The molecule has 0 fully saturated rings. The van der Waals surface area contributed by atoms with Gasteiger partial charge in [0.2, 0.25) is 0 Å². The molecule has 0 N–H and O–H groups in total. The average molecular weight is 1050 g/mol. The van der Waals surface area contributed by atoms with Crippen LogP contribution in [0.3, 0.4) is 0 Å². The molecule has 402 valence electrons. The van der Waals surface area contributed by atoms with Gasteiger partial charge in [0.1, 0.15) is 16.7 Å². The Kier molecular flexibility index (Phi) is 11.2. The third-order valence-electron chi connectivity index (χ3n) is 18.0. The molecule has 0 spiro atoms. The summed E-state index contributed by atoms with van der Waals surface area (Å²) in [5, 5.41) is 4.50. The monoisotopic (exact) mass is 1050 g/mol. The summed E-state index contributed by atoms with van der Waals surface area (Å²) in [7, 11) is 0. The molecule has 2 aromatic heterocycles. The topological polar surface area (TPSA) is 32.8 Å². The highest BCUT2D eigenvalue weighted by Crippen LogP contribution is 2.64. The second-order valence-corrected chi connectivity index (χ2v) is 28.3. The van der Waals surface area contributed by atoms with Crippen molar-refractivity contribution in [2.24, 2.45) is 0 Å². The Bertz CT molecular complexity index is 4170. The molecule has 0 unspecified atom stereocenters. The minimum atomic E-state index is -0.439. The number of furan rings is 2. The van der Waals surface area contributed by atoms with Gasteiger partial charge in [-0.2, -0.15) is 0 Å². The van der Waals surface area contributed by atoms with Gasteiger partial charge in [0.05, 0.1) is 16.8 Å². The van der Waals surface area contributed by atoms with E-state index in [4.69, 9.17) is 8.83 Å². The molecule has 0 amide bonds. The molecule has 9 aromatic carbocycles. The Balaban J connectivity index is 1.06. The SMILES string of the molecule is CC(C)(C)c1ccc(N(c2ccc(C(C)(C)C)cc2)c2cc3c(c4c2oc2ccccc24)-c2ccc4c(c2C3(C)C)C(C)(C)c2cc(N(c3ccc(C(C)(C)C)cc3)c3ccc(C(C)(C)C)cc3)c3c(oc5ccccc53)c2-4)cc1.